The van der Waals surface area contributed by atoms with Crippen LogP contribution in [0.15, 0.2) is 510 Å². The van der Waals surface area contributed by atoms with Crippen molar-refractivity contribution in [3.63, 3.8) is 0 Å². The molecule has 0 N–H and O–H groups in total. The Morgan fingerprint density at radius 2 is 0.262 bits per heavy atom. The van der Waals surface area contributed by atoms with E-state index >= 15 is 0 Å². The zero-order chi connectivity index (χ0) is 83.6. The number of rotatable bonds is 12. The molecule has 0 aliphatic carbocycles. The maximum Gasteiger partial charge on any atom is -0.00201 e. The van der Waals surface area contributed by atoms with E-state index in [0.29, 0.717) is 0 Å². The topological polar surface area (TPSA) is 0 Å². The second kappa shape index (κ2) is 33.6. The van der Waals surface area contributed by atoms with Gasteiger partial charge in [-0.3, -0.25) is 0 Å². The molecule has 0 spiro atoms. The maximum absolute atomic E-state index is 2.35. The summed E-state index contributed by atoms with van der Waals surface area (Å²) >= 11 is 0. The van der Waals surface area contributed by atoms with Crippen molar-refractivity contribution < 1.29 is 0 Å². The monoisotopic (exact) mass is 1600 g/mol. The first-order valence-corrected chi connectivity index (χ1v) is 43.6. The van der Waals surface area contributed by atoms with Crippen LogP contribution in [-0.4, -0.2) is 0 Å². The molecule has 0 saturated carbocycles. The smallest absolute Gasteiger partial charge is 0.00201 e. The molecule has 0 heteroatoms. The molecule has 0 nitrogen and oxygen atoms in total. The second-order valence-electron chi connectivity index (χ2n) is 32.7. The van der Waals surface area contributed by atoms with Gasteiger partial charge in [-0.15, -0.1) is 0 Å². The molecule has 588 valence electrons. The van der Waals surface area contributed by atoms with E-state index in [4.69, 9.17) is 0 Å². The standard InChI is InChI=1S/3C42H28/c1-2-11-29(12-3-1)31-21-24-32(25-22-31)41-37-17-6-8-19-39(37)42(40-20-9-7-18-38(40)41)36-16-10-15-34(28-36)35-26-23-30-13-4-5-14-33(30)27-35;1-2-10-29(11-3-1)31-18-23-33(24-19-31)41-37-14-6-8-16-39(37)42(40-17-9-7-15-38(40)41)34-25-20-32(21-26-34)36-27-22-30-12-4-5-13-35(30)28-36;1-2-12-29(13-3-1)31-22-25-32(26-23-31)41-37-18-8-10-20-39(37)42(40-21-11-9-19-38(40)41)36-17-7-6-16-35(36)34-27-24-30-14-4-5-15-33(30)28-34/h3*1-28H. The average molecular weight is 1600 g/mol. The van der Waals surface area contributed by atoms with Gasteiger partial charge in [0.2, 0.25) is 0 Å². The third-order valence-electron chi connectivity index (χ3n) is 25.4. The van der Waals surface area contributed by atoms with E-state index in [0.717, 1.165) is 0 Å². The summed E-state index contributed by atoms with van der Waals surface area (Å²) in [5.41, 5.74) is 30.0. The van der Waals surface area contributed by atoms with E-state index in [9.17, 15) is 0 Å². The van der Waals surface area contributed by atoms with Crippen molar-refractivity contribution in [2.24, 2.45) is 0 Å². The van der Waals surface area contributed by atoms with Gasteiger partial charge in [0.25, 0.3) is 0 Å². The fraction of sp³-hybridized carbons (Fsp3) is 0. The molecule has 24 rings (SSSR count). The van der Waals surface area contributed by atoms with Crippen molar-refractivity contribution in [3.05, 3.63) is 510 Å². The fourth-order valence-corrected chi connectivity index (χ4v) is 19.3. The third kappa shape index (κ3) is 14.5. The Hall–Kier alpha value is -16.4. The van der Waals surface area contributed by atoms with Gasteiger partial charge >= 0.3 is 0 Å². The predicted octanol–water partition coefficient (Wildman–Crippen LogP) is 35.4. The van der Waals surface area contributed by atoms with Crippen LogP contribution in [0.25, 0.3) is 230 Å². The van der Waals surface area contributed by atoms with E-state index < -0.39 is 0 Å². The van der Waals surface area contributed by atoms with Gasteiger partial charge in [0.15, 0.2) is 0 Å². The molecule has 0 atom stereocenters. The molecule has 0 aliphatic rings. The molecule has 126 heavy (non-hydrogen) atoms. The van der Waals surface area contributed by atoms with Gasteiger partial charge in [-0.05, 0) is 255 Å². The molecular weight excluding hydrogens is 1510 g/mol. The van der Waals surface area contributed by atoms with Crippen LogP contribution >= 0.6 is 0 Å². The number of hydrogen-bond donors (Lipinski definition) is 0. The molecule has 24 aromatic rings. The van der Waals surface area contributed by atoms with Gasteiger partial charge in [0, 0.05) is 0 Å². The van der Waals surface area contributed by atoms with Crippen molar-refractivity contribution in [1.82, 2.24) is 0 Å². The van der Waals surface area contributed by atoms with Crippen molar-refractivity contribution in [2.45, 2.75) is 0 Å². The molecule has 0 amide bonds. The Bertz CT molecular complexity index is 8020. The summed E-state index contributed by atoms with van der Waals surface area (Å²) in [4.78, 5) is 0. The van der Waals surface area contributed by atoms with E-state index in [1.54, 1.807) is 0 Å². The minimum atomic E-state index is 1.23. The Morgan fingerprint density at radius 3 is 0.579 bits per heavy atom. The summed E-state index contributed by atoms with van der Waals surface area (Å²) in [6.07, 6.45) is 0. The summed E-state index contributed by atoms with van der Waals surface area (Å²) < 4.78 is 0. The van der Waals surface area contributed by atoms with Crippen LogP contribution < -0.4 is 0 Å². The van der Waals surface area contributed by atoms with Crippen LogP contribution in [0.1, 0.15) is 0 Å². The summed E-state index contributed by atoms with van der Waals surface area (Å²) in [6.45, 7) is 0. The summed E-state index contributed by atoms with van der Waals surface area (Å²) in [5, 5.41) is 22.9. The normalized spacial score (nSPS) is 11.3. The van der Waals surface area contributed by atoms with E-state index in [1.165, 1.54) is 230 Å². The molecule has 0 saturated heterocycles. The lowest BCUT2D eigenvalue weighted by Crippen LogP contribution is -1.92. The van der Waals surface area contributed by atoms with Crippen molar-refractivity contribution >= 4 is 97.0 Å². The molecule has 0 aromatic heterocycles. The second-order valence-corrected chi connectivity index (χ2v) is 32.7. The van der Waals surface area contributed by atoms with Gasteiger partial charge in [0.1, 0.15) is 0 Å². The summed E-state index contributed by atoms with van der Waals surface area (Å²) in [5.74, 6) is 0. The highest BCUT2D eigenvalue weighted by Crippen LogP contribution is 2.50. The highest BCUT2D eigenvalue weighted by Gasteiger charge is 2.23. The summed E-state index contributed by atoms with van der Waals surface area (Å²) in [7, 11) is 0. The van der Waals surface area contributed by atoms with Crippen LogP contribution in [-0.2, 0) is 0 Å². The molecule has 0 radical (unpaired) electrons. The van der Waals surface area contributed by atoms with E-state index in [2.05, 4.69) is 510 Å². The van der Waals surface area contributed by atoms with Gasteiger partial charge in [-0.1, -0.05) is 485 Å². The SMILES string of the molecule is c1ccc(-c2ccc(-c3c4ccccc4c(-c4ccc(-c5ccc6ccccc6c5)cc4)c4ccccc34)cc2)cc1.c1ccc(-c2ccc(-c3c4ccccc4c(-c4cccc(-c5ccc6ccccc6c5)c4)c4ccccc34)cc2)cc1.c1ccc(-c2ccc(-c3c4ccccc4c(-c4ccccc4-c4ccc5ccccc5c4)c4ccccc34)cc2)cc1. The van der Waals surface area contributed by atoms with Crippen molar-refractivity contribution in [3.8, 4) is 134 Å². The minimum Gasteiger partial charge on any atom is -0.0622 e. The van der Waals surface area contributed by atoms with E-state index in [-0.39, 0.29) is 0 Å². The highest BCUT2D eigenvalue weighted by atomic mass is 14.3. The Kier molecular flexibility index (Phi) is 20.2. The first-order chi connectivity index (χ1) is 62.5. The molecular formula is C126H84. The van der Waals surface area contributed by atoms with E-state index in [1.807, 2.05) is 0 Å². The zero-order valence-electron chi connectivity index (χ0n) is 69.5. The van der Waals surface area contributed by atoms with Gasteiger partial charge in [-0.2, -0.15) is 0 Å². The predicted molar refractivity (Wildman–Crippen MR) is 542 cm³/mol. The number of fused-ring (bicyclic) bond motifs is 9. The van der Waals surface area contributed by atoms with Crippen LogP contribution in [0.3, 0.4) is 0 Å². The first-order valence-electron chi connectivity index (χ1n) is 43.6. The molecule has 0 bridgehead atoms. The zero-order valence-corrected chi connectivity index (χ0v) is 69.5. The quantitative estimate of drug-likeness (QED) is 0.107. The van der Waals surface area contributed by atoms with Gasteiger partial charge in [0.05, 0.1) is 0 Å². The molecule has 0 fully saturated rings. The Labute approximate surface area is 734 Å². The number of hydrogen-bond acceptors (Lipinski definition) is 0. The molecule has 0 unspecified atom stereocenters. The highest BCUT2D eigenvalue weighted by molar-refractivity contribution is 6.25. The lowest BCUT2D eigenvalue weighted by atomic mass is 9.83. The lowest BCUT2D eigenvalue weighted by molar-refractivity contribution is 1.61. The van der Waals surface area contributed by atoms with Crippen molar-refractivity contribution in [2.75, 3.05) is 0 Å². The Balaban J connectivity index is 0.000000112. The molecule has 0 heterocycles. The van der Waals surface area contributed by atoms with Crippen LogP contribution in [0.2, 0.25) is 0 Å². The minimum absolute atomic E-state index is 1.23. The van der Waals surface area contributed by atoms with Crippen molar-refractivity contribution in [1.29, 1.82) is 0 Å². The number of benzene rings is 24. The molecule has 24 aromatic carbocycles. The van der Waals surface area contributed by atoms with Gasteiger partial charge in [-0.25, -0.2) is 0 Å². The van der Waals surface area contributed by atoms with Crippen LogP contribution in [0.4, 0.5) is 0 Å². The first kappa shape index (κ1) is 75.8. The third-order valence-corrected chi connectivity index (χ3v) is 25.4. The summed E-state index contributed by atoms with van der Waals surface area (Å²) in [6, 6.07) is 185. The lowest BCUT2D eigenvalue weighted by Gasteiger charge is -2.20. The average Bonchev–Trinajstić information content (AvgIpc) is 0.688. The van der Waals surface area contributed by atoms with Crippen LogP contribution in [0.5, 0.6) is 0 Å². The van der Waals surface area contributed by atoms with Gasteiger partial charge < -0.3 is 0 Å². The Morgan fingerprint density at radius 1 is 0.0794 bits per heavy atom. The van der Waals surface area contributed by atoms with Crippen LogP contribution in [0, 0.1) is 0 Å². The molecule has 0 aliphatic heterocycles. The fourth-order valence-electron chi connectivity index (χ4n) is 19.3. The maximum atomic E-state index is 2.35. The largest absolute Gasteiger partial charge is 0.0622 e.